The van der Waals surface area contributed by atoms with Gasteiger partial charge in [-0.05, 0) is 82.3 Å². The Morgan fingerprint density at radius 2 is 1.87 bits per heavy atom. The number of ether oxygens (including phenoxy) is 1. The summed E-state index contributed by atoms with van der Waals surface area (Å²) in [6, 6.07) is 6.96. The van der Waals surface area contributed by atoms with Crippen LogP contribution in [0.1, 0.15) is 69.9 Å². The van der Waals surface area contributed by atoms with Crippen molar-refractivity contribution >= 4 is 17.7 Å². The Bertz CT molecular complexity index is 788. The first-order valence-electron chi connectivity index (χ1n) is 12.1. The van der Waals surface area contributed by atoms with E-state index < -0.39 is 0 Å². The predicted octanol–water partition coefficient (Wildman–Crippen LogP) is 4.05. The number of nitrogens with zero attached hydrogens (tertiary/aromatic N) is 2. The monoisotopic (exact) mass is 427 g/mol. The summed E-state index contributed by atoms with van der Waals surface area (Å²) in [5.74, 6) is -0.175. The first kappa shape index (κ1) is 22.1. The van der Waals surface area contributed by atoms with Crippen LogP contribution in [-0.2, 0) is 22.4 Å². The van der Waals surface area contributed by atoms with E-state index in [1.807, 2.05) is 18.7 Å². The van der Waals surface area contributed by atoms with Gasteiger partial charge >= 0.3 is 12.0 Å². The van der Waals surface area contributed by atoms with E-state index in [-0.39, 0.29) is 24.1 Å². The molecule has 1 aromatic carbocycles. The lowest BCUT2D eigenvalue weighted by Gasteiger charge is -2.30. The van der Waals surface area contributed by atoms with Crippen molar-refractivity contribution < 1.29 is 14.3 Å². The molecule has 6 nitrogen and oxygen atoms in total. The molecular weight excluding hydrogens is 390 g/mol. The lowest BCUT2D eigenvalue weighted by Crippen LogP contribution is -2.40. The molecule has 2 heterocycles. The zero-order valence-corrected chi connectivity index (χ0v) is 19.1. The number of anilines is 1. The first-order valence-corrected chi connectivity index (χ1v) is 12.1. The highest BCUT2D eigenvalue weighted by atomic mass is 16.5. The van der Waals surface area contributed by atoms with Crippen molar-refractivity contribution in [3.63, 3.8) is 0 Å². The third kappa shape index (κ3) is 5.22. The minimum atomic E-state index is -0.175. The fraction of sp³-hybridized carbons (Fsp3) is 0.680. The fourth-order valence-electron chi connectivity index (χ4n) is 5.34. The molecule has 2 aliphatic heterocycles. The summed E-state index contributed by atoms with van der Waals surface area (Å²) in [7, 11) is 0. The van der Waals surface area contributed by atoms with Crippen molar-refractivity contribution in [2.45, 2.75) is 89.8 Å². The largest absolute Gasteiger partial charge is 0.463 e. The normalized spacial score (nSPS) is 22.5. The number of fused-ring (bicyclic) bond motifs is 1. The van der Waals surface area contributed by atoms with Crippen LogP contribution in [0.25, 0.3) is 0 Å². The Morgan fingerprint density at radius 3 is 2.61 bits per heavy atom. The van der Waals surface area contributed by atoms with Crippen molar-refractivity contribution in [1.82, 2.24) is 10.2 Å². The molecule has 1 N–H and O–H groups in total. The van der Waals surface area contributed by atoms with E-state index in [0.717, 1.165) is 44.5 Å². The lowest BCUT2D eigenvalue weighted by atomic mass is 9.94. The second kappa shape index (κ2) is 10.0. The van der Waals surface area contributed by atoms with Gasteiger partial charge < -0.3 is 15.0 Å². The number of rotatable bonds is 6. The van der Waals surface area contributed by atoms with Crippen LogP contribution in [-0.4, -0.2) is 54.7 Å². The number of hydrogen-bond donors (Lipinski definition) is 1. The third-order valence-corrected chi connectivity index (χ3v) is 6.90. The van der Waals surface area contributed by atoms with Gasteiger partial charge in [-0.25, -0.2) is 4.79 Å². The van der Waals surface area contributed by atoms with E-state index >= 15 is 0 Å². The first-order chi connectivity index (χ1) is 15.0. The number of carbonyl (C=O) groups is 2. The molecule has 1 aliphatic carbocycles. The molecule has 2 amide bonds. The summed E-state index contributed by atoms with van der Waals surface area (Å²) >= 11 is 0. The molecule has 31 heavy (non-hydrogen) atoms. The van der Waals surface area contributed by atoms with Crippen molar-refractivity contribution in [3.05, 3.63) is 29.3 Å². The highest BCUT2D eigenvalue weighted by molar-refractivity contribution is 5.95. The standard InChI is InChI=1S/C25H37N3O3/c1-18(2)31-24(29)11-10-23-17-27(21-6-4-3-5-7-21)25(30)28(23)22-9-8-19-12-14-26-15-13-20(19)16-22/h8-9,16,18,21,23,26H,3-7,10-15,17H2,1-2H3. The van der Waals surface area contributed by atoms with Gasteiger partial charge in [0.05, 0.1) is 12.1 Å². The maximum atomic E-state index is 13.6. The number of benzene rings is 1. The third-order valence-electron chi connectivity index (χ3n) is 6.90. The zero-order chi connectivity index (χ0) is 21.8. The Kier molecular flexibility index (Phi) is 7.16. The van der Waals surface area contributed by atoms with Gasteiger partial charge in [0.2, 0.25) is 0 Å². The van der Waals surface area contributed by atoms with Crippen molar-refractivity contribution in [1.29, 1.82) is 0 Å². The molecule has 6 heteroatoms. The molecule has 0 radical (unpaired) electrons. The topological polar surface area (TPSA) is 61.9 Å². The van der Waals surface area contributed by atoms with Crippen LogP contribution in [0.3, 0.4) is 0 Å². The second-order valence-corrected chi connectivity index (χ2v) is 9.53. The average molecular weight is 428 g/mol. The fourth-order valence-corrected chi connectivity index (χ4v) is 5.34. The predicted molar refractivity (Wildman–Crippen MR) is 122 cm³/mol. The Morgan fingerprint density at radius 1 is 1.13 bits per heavy atom. The van der Waals surface area contributed by atoms with Gasteiger partial charge in [-0.3, -0.25) is 9.69 Å². The average Bonchev–Trinajstić information content (AvgIpc) is 2.92. The quantitative estimate of drug-likeness (QED) is 0.696. The molecule has 0 spiro atoms. The zero-order valence-electron chi connectivity index (χ0n) is 19.1. The number of hydrogen-bond acceptors (Lipinski definition) is 4. The highest BCUT2D eigenvalue weighted by Gasteiger charge is 2.41. The molecule has 1 saturated carbocycles. The molecule has 4 rings (SSSR count). The molecule has 170 valence electrons. The van der Waals surface area contributed by atoms with Crippen LogP contribution in [0.5, 0.6) is 0 Å². The van der Waals surface area contributed by atoms with E-state index in [1.54, 1.807) is 0 Å². The summed E-state index contributed by atoms with van der Waals surface area (Å²) in [5, 5.41) is 3.46. The molecule has 0 bridgehead atoms. The van der Waals surface area contributed by atoms with E-state index in [1.165, 1.54) is 30.4 Å². The summed E-state index contributed by atoms with van der Waals surface area (Å²) < 4.78 is 5.35. The number of nitrogens with one attached hydrogen (secondary N) is 1. The molecule has 1 aromatic rings. The maximum Gasteiger partial charge on any atom is 0.325 e. The summed E-state index contributed by atoms with van der Waals surface area (Å²) in [6.45, 7) is 6.43. The van der Waals surface area contributed by atoms with Crippen LogP contribution < -0.4 is 10.2 Å². The number of esters is 1. The maximum absolute atomic E-state index is 13.6. The smallest absolute Gasteiger partial charge is 0.325 e. The molecular formula is C25H37N3O3. The van der Waals surface area contributed by atoms with Gasteiger partial charge in [0.15, 0.2) is 0 Å². The summed E-state index contributed by atoms with van der Waals surface area (Å²) in [6.07, 6.45) is 8.76. The van der Waals surface area contributed by atoms with Crippen molar-refractivity contribution in [2.75, 3.05) is 24.5 Å². The highest BCUT2D eigenvalue weighted by Crippen LogP contribution is 2.34. The van der Waals surface area contributed by atoms with Gasteiger partial charge in [0.25, 0.3) is 0 Å². The second-order valence-electron chi connectivity index (χ2n) is 9.53. The molecule has 3 aliphatic rings. The van der Waals surface area contributed by atoms with E-state index in [9.17, 15) is 9.59 Å². The minimum Gasteiger partial charge on any atom is -0.463 e. The molecule has 2 fully saturated rings. The minimum absolute atomic E-state index is 0.0103. The summed E-state index contributed by atoms with van der Waals surface area (Å²) in [5.41, 5.74) is 3.69. The van der Waals surface area contributed by atoms with Crippen LogP contribution in [0.4, 0.5) is 10.5 Å². The Hall–Kier alpha value is -2.08. The lowest BCUT2D eigenvalue weighted by molar-refractivity contribution is -0.147. The number of carbonyl (C=O) groups excluding carboxylic acids is 2. The van der Waals surface area contributed by atoms with Gasteiger partial charge in [0.1, 0.15) is 0 Å². The Balaban J connectivity index is 1.55. The number of amides is 2. The summed E-state index contributed by atoms with van der Waals surface area (Å²) in [4.78, 5) is 29.9. The van der Waals surface area contributed by atoms with Gasteiger partial charge in [-0.2, -0.15) is 0 Å². The molecule has 0 aromatic heterocycles. The van der Waals surface area contributed by atoms with Crippen LogP contribution in [0, 0.1) is 0 Å². The van der Waals surface area contributed by atoms with E-state index in [4.69, 9.17) is 4.74 Å². The van der Waals surface area contributed by atoms with Crippen LogP contribution in [0.2, 0.25) is 0 Å². The van der Waals surface area contributed by atoms with Gasteiger partial charge in [-0.1, -0.05) is 25.3 Å². The Labute approximate surface area is 186 Å². The van der Waals surface area contributed by atoms with Crippen LogP contribution >= 0.6 is 0 Å². The van der Waals surface area contributed by atoms with Crippen LogP contribution in [0.15, 0.2) is 18.2 Å². The van der Waals surface area contributed by atoms with E-state index in [0.29, 0.717) is 25.4 Å². The SMILES string of the molecule is CC(C)OC(=O)CCC1CN(C2CCCCC2)C(=O)N1c1ccc2c(c1)CCNCC2. The molecule has 1 unspecified atom stereocenters. The molecule has 1 atom stereocenters. The van der Waals surface area contributed by atoms with Gasteiger partial charge in [-0.15, -0.1) is 0 Å². The van der Waals surface area contributed by atoms with E-state index in [2.05, 4.69) is 28.4 Å². The van der Waals surface area contributed by atoms with Crippen molar-refractivity contribution in [3.8, 4) is 0 Å². The van der Waals surface area contributed by atoms with Crippen molar-refractivity contribution in [2.24, 2.45) is 0 Å². The number of urea groups is 1. The molecule has 1 saturated heterocycles. The van der Waals surface area contributed by atoms with Gasteiger partial charge in [0, 0.05) is 24.7 Å².